The zero-order valence-corrected chi connectivity index (χ0v) is 56.7. The van der Waals surface area contributed by atoms with E-state index in [0.29, 0.717) is 54.4 Å². The summed E-state index contributed by atoms with van der Waals surface area (Å²) in [6.07, 6.45) is 2.37. The number of hydrogen-bond acceptors (Lipinski definition) is 18. The van der Waals surface area contributed by atoms with E-state index >= 15 is 0 Å². The third-order valence-electron chi connectivity index (χ3n) is 19.2. The van der Waals surface area contributed by atoms with Gasteiger partial charge in [0.25, 0.3) is 0 Å². The number of ether oxygens (including phenoxy) is 9. The average Bonchev–Trinajstić information content (AvgIpc) is 0.733. The molecule has 6 N–H and O–H groups in total. The minimum absolute atomic E-state index is 0.0115. The molecule has 0 amide bonds. The first-order chi connectivity index (χ1) is 46.2. The third-order valence-corrected chi connectivity index (χ3v) is 19.2. The van der Waals surface area contributed by atoms with Crippen molar-refractivity contribution in [2.45, 2.75) is 195 Å². The van der Waals surface area contributed by atoms with Gasteiger partial charge < -0.3 is 59.8 Å². The zero-order chi connectivity index (χ0) is 73.7. The van der Waals surface area contributed by atoms with E-state index in [0.717, 1.165) is 99.0 Å². The molecule has 3 aromatic rings. The maximum absolute atomic E-state index is 12.9. The molecule has 0 spiro atoms. The summed E-state index contributed by atoms with van der Waals surface area (Å²) >= 11 is 0. The van der Waals surface area contributed by atoms with Gasteiger partial charge in [0.05, 0.1) is 46.7 Å². The Morgan fingerprint density at radius 1 is 0.478 bits per heavy atom. The van der Waals surface area contributed by atoms with Gasteiger partial charge in [-0.05, 0) is 144 Å². The second-order valence-corrected chi connectivity index (χ2v) is 27.5. The second-order valence-electron chi connectivity index (χ2n) is 27.5. The van der Waals surface area contributed by atoms with Crippen molar-refractivity contribution in [3.63, 3.8) is 0 Å². The molecule has 0 bridgehead atoms. The van der Waals surface area contributed by atoms with Crippen molar-refractivity contribution in [3.8, 4) is 34.5 Å². The number of esters is 3. The fraction of sp³-hybridized carbons (Fsp3) is 0.708. The molecule has 6 aliphatic heterocycles. The van der Waals surface area contributed by atoms with Gasteiger partial charge >= 0.3 is 17.9 Å². The molecule has 504 valence electrons. The fourth-order valence-corrected chi connectivity index (χ4v) is 14.1. The highest BCUT2D eigenvalue weighted by Crippen LogP contribution is 2.48. The van der Waals surface area contributed by atoms with E-state index in [1.165, 1.54) is 18.2 Å². The summed E-state index contributed by atoms with van der Waals surface area (Å²) in [7, 11) is 5.42. The van der Waals surface area contributed by atoms with E-state index < -0.39 is 62.3 Å². The van der Waals surface area contributed by atoms with Crippen molar-refractivity contribution in [2.75, 3.05) is 81.9 Å². The van der Waals surface area contributed by atoms with Crippen LogP contribution < -0.4 is 45.6 Å². The van der Waals surface area contributed by atoms with Crippen LogP contribution in [0, 0.1) is 53.2 Å². The Labute approximate surface area is 552 Å². The smallest absolute Gasteiger partial charge is 0.323 e. The van der Waals surface area contributed by atoms with E-state index in [-0.39, 0.29) is 84.7 Å². The number of nitrogens with zero attached hydrogens (tertiary/aromatic N) is 3. The maximum atomic E-state index is 12.9. The van der Waals surface area contributed by atoms with Crippen LogP contribution in [0.15, 0.2) is 36.4 Å². The molecule has 18 heteroatoms. The van der Waals surface area contributed by atoms with Gasteiger partial charge in [-0.25, -0.2) is 0 Å². The molecule has 3 fully saturated rings. The first-order valence-corrected chi connectivity index (χ1v) is 32.7. The van der Waals surface area contributed by atoms with Crippen molar-refractivity contribution in [3.05, 3.63) is 69.8 Å². The van der Waals surface area contributed by atoms with Gasteiger partial charge in [0.2, 0.25) is 0 Å². The zero-order valence-electron chi connectivity index (χ0n) is 65.7. The number of hydrogen-bond donors (Lipinski definition) is 3. The van der Waals surface area contributed by atoms with Gasteiger partial charge in [-0.2, -0.15) is 0 Å². The van der Waals surface area contributed by atoms with Gasteiger partial charge in [0, 0.05) is 103 Å². The van der Waals surface area contributed by atoms with Crippen LogP contribution in [-0.4, -0.2) is 151 Å². The van der Waals surface area contributed by atoms with Crippen LogP contribution in [0.5, 0.6) is 34.5 Å². The SMILES string of the molecule is COc1cc2c(cc1OC)[C@H]1C[C@H](OC(=O)[C@@H](N)C(C)C)[C@H](CC(C)C)CN1CC2.[2H]C([2H])([2H])C([2H])(C)C([2H])([2H])[C@@H]1CN2CCc3cc(OC)c(OC)cc3[C@H]2C[C@@H]1OC(=O)[C@@H](N)C(C)C.[2H]C([2H])([2H])Oc1cc2c(cc1OC)[C@H]1C[C@H](OC(=O)[C@@H](N)C(C)C)[C@H](CC(C)C)CN1CC2. The fourth-order valence-electron chi connectivity index (χ4n) is 14.1. The van der Waals surface area contributed by atoms with Gasteiger partial charge in [0.1, 0.15) is 36.4 Å². The maximum Gasteiger partial charge on any atom is 0.323 e. The highest BCUT2D eigenvalue weighted by atomic mass is 16.6. The Balaban J connectivity index is 0.000000210. The summed E-state index contributed by atoms with van der Waals surface area (Å²) in [6.45, 7) is 22.8. The quantitative estimate of drug-likeness (QED) is 0.0666. The van der Waals surface area contributed by atoms with Crippen LogP contribution in [0.3, 0.4) is 0 Å². The molecule has 3 aromatic carbocycles. The number of carbonyl (C=O) groups is 3. The molecule has 13 atom stereocenters. The highest BCUT2D eigenvalue weighted by Gasteiger charge is 2.45. The van der Waals surface area contributed by atoms with E-state index in [1.807, 2.05) is 45.9 Å². The topological polar surface area (TPSA) is 222 Å². The largest absolute Gasteiger partial charge is 0.493 e. The van der Waals surface area contributed by atoms with Crippen molar-refractivity contribution in [1.82, 2.24) is 14.7 Å². The number of carbonyl (C=O) groups excluding carboxylic acids is 3. The van der Waals surface area contributed by atoms with Gasteiger partial charge in [-0.3, -0.25) is 29.1 Å². The van der Waals surface area contributed by atoms with Gasteiger partial charge in [-0.15, -0.1) is 0 Å². The summed E-state index contributed by atoms with van der Waals surface area (Å²) in [5.41, 5.74) is 24.9. The summed E-state index contributed by atoms with van der Waals surface area (Å²) in [5, 5.41) is 0. The average molecular weight is 1260 g/mol. The number of rotatable bonds is 21. The lowest BCUT2D eigenvalue weighted by atomic mass is 9.79. The van der Waals surface area contributed by atoms with E-state index in [4.69, 9.17) is 72.2 Å². The molecular weight excluding hydrogens is 1140 g/mol. The summed E-state index contributed by atoms with van der Waals surface area (Å²) in [4.78, 5) is 45.4. The van der Waals surface area contributed by atoms with Gasteiger partial charge in [0.15, 0.2) is 34.5 Å². The molecule has 6 aliphatic rings. The predicted molar refractivity (Wildman–Crippen MR) is 353 cm³/mol. The lowest BCUT2D eigenvalue weighted by Gasteiger charge is -2.47. The Morgan fingerprint density at radius 2 is 0.767 bits per heavy atom. The van der Waals surface area contributed by atoms with E-state index in [2.05, 4.69) is 54.5 Å². The van der Waals surface area contributed by atoms with Crippen LogP contribution in [0.25, 0.3) is 0 Å². The van der Waals surface area contributed by atoms with Gasteiger partial charge in [-0.1, -0.05) is 83.0 Å². The summed E-state index contributed by atoms with van der Waals surface area (Å²) < 4.78 is 123. The first-order valence-electron chi connectivity index (χ1n) is 37.2. The summed E-state index contributed by atoms with van der Waals surface area (Å²) in [6, 6.07) is 9.65. The second kappa shape index (κ2) is 32.5. The molecular formula is C72H114N6O12. The predicted octanol–water partition coefficient (Wildman–Crippen LogP) is 10.7. The Hall–Kier alpha value is -5.37. The molecule has 90 heavy (non-hydrogen) atoms. The Bertz CT molecular complexity index is 3230. The Morgan fingerprint density at radius 3 is 1.04 bits per heavy atom. The standard InChI is InChI=1S/3C24H38N2O4/c3*1-14(2)9-17-13-26-8-7-16-10-21(28-5)22(29-6)11-18(16)19(26)12-20(17)30-24(27)23(25)15(3)4/h3*10-11,14-15,17,19-20,23H,7-9,12-13,25H2,1-6H3/t3*17-,19-,20+,23+/m111/s1/i1D3,9D2,14D;5D3;/t14?,17-,19-,20+,23+;2m. The number of benzene rings is 3. The highest BCUT2D eigenvalue weighted by molar-refractivity contribution is 5.77. The van der Waals surface area contributed by atoms with Crippen molar-refractivity contribution >= 4 is 17.9 Å². The minimum Gasteiger partial charge on any atom is -0.493 e. The minimum atomic E-state index is -2.88. The number of fused-ring (bicyclic) bond motifs is 9. The van der Waals surface area contributed by atoms with Crippen LogP contribution >= 0.6 is 0 Å². The number of piperidine rings is 3. The number of methoxy groups -OCH3 is 6. The molecule has 18 nitrogen and oxygen atoms in total. The van der Waals surface area contributed by atoms with Crippen molar-refractivity contribution < 1.29 is 69.4 Å². The normalized spacial score (nSPS) is 27.5. The van der Waals surface area contributed by atoms with Crippen molar-refractivity contribution in [2.24, 2.45) is 70.4 Å². The molecule has 1 unspecified atom stereocenters. The first kappa shape index (κ1) is 59.6. The third kappa shape index (κ3) is 17.5. The van der Waals surface area contributed by atoms with Crippen LogP contribution in [-0.2, 0) is 47.9 Å². The molecule has 0 aliphatic carbocycles. The number of nitrogens with two attached hydrogens (primary N) is 3. The molecule has 0 radical (unpaired) electrons. The molecule has 9 rings (SSSR count). The Kier molecular flexibility index (Phi) is 21.5. The van der Waals surface area contributed by atoms with E-state index in [1.54, 1.807) is 48.4 Å². The van der Waals surface area contributed by atoms with Crippen LogP contribution in [0.4, 0.5) is 0 Å². The summed E-state index contributed by atoms with van der Waals surface area (Å²) in [5.74, 6) is 0.0607. The van der Waals surface area contributed by atoms with Crippen LogP contribution in [0.2, 0.25) is 0 Å². The lowest BCUT2D eigenvalue weighted by Crippen LogP contribution is -2.51. The monoisotopic (exact) mass is 1260 g/mol. The molecule has 0 aromatic heterocycles. The molecule has 0 saturated carbocycles. The van der Waals surface area contributed by atoms with Crippen molar-refractivity contribution in [1.29, 1.82) is 0 Å². The van der Waals surface area contributed by atoms with E-state index in [9.17, 15) is 14.4 Å². The van der Waals surface area contributed by atoms with Crippen LogP contribution in [0.1, 0.15) is 185 Å². The lowest BCUT2D eigenvalue weighted by molar-refractivity contribution is -0.161. The molecule has 3 saturated heterocycles. The molecule has 6 heterocycles.